The highest BCUT2D eigenvalue weighted by atomic mass is 32.2. The highest BCUT2D eigenvalue weighted by molar-refractivity contribution is 8.03. The molecule has 16 nitrogen and oxygen atoms in total. The van der Waals surface area contributed by atoms with Crippen molar-refractivity contribution in [2.24, 2.45) is 23.7 Å². The van der Waals surface area contributed by atoms with Crippen molar-refractivity contribution in [3.63, 3.8) is 0 Å². The van der Waals surface area contributed by atoms with Crippen molar-refractivity contribution in [1.82, 2.24) is 30.2 Å². The average molecular weight is 769 g/mol. The van der Waals surface area contributed by atoms with E-state index in [9.17, 15) is 49.2 Å². The SMILES string of the molecule is CC(O)C(C(=O)N1CC(SC2=C(C(=O)O)N3C(=O)C(C(C)O)C3C2C)CC1C(=O)N(C)C)C1NC(C(=O)O)C(SC2CNC(C(=O)N(C)C)C2)C1C. The minimum atomic E-state index is -1.27. The maximum atomic E-state index is 14.6. The lowest BCUT2D eigenvalue weighted by atomic mass is 9.79. The Morgan fingerprint density at radius 2 is 1.58 bits per heavy atom. The number of amides is 4. The Hall–Kier alpha value is -2.90. The summed E-state index contributed by atoms with van der Waals surface area (Å²) in [5.74, 6) is -6.39. The number of aliphatic hydroxyl groups excluding tert-OH is 2. The summed E-state index contributed by atoms with van der Waals surface area (Å²) >= 11 is 2.69. The van der Waals surface area contributed by atoms with Gasteiger partial charge in [0.2, 0.25) is 23.6 Å². The first-order chi connectivity index (χ1) is 24.3. The van der Waals surface area contributed by atoms with E-state index in [0.29, 0.717) is 17.9 Å². The number of thioether (sulfide) groups is 2. The molecule has 0 aromatic carbocycles. The monoisotopic (exact) mass is 768 g/mol. The van der Waals surface area contributed by atoms with Gasteiger partial charge < -0.3 is 45.3 Å². The fraction of sp³-hybridized carbons (Fsp3) is 0.765. The van der Waals surface area contributed by atoms with Crippen molar-refractivity contribution in [1.29, 1.82) is 0 Å². The number of carbonyl (C=O) groups is 6. The second kappa shape index (κ2) is 15.5. The van der Waals surface area contributed by atoms with Crippen LogP contribution in [-0.2, 0) is 28.8 Å². The number of likely N-dealkylation sites (N-methyl/N-ethyl adjacent to an activating group) is 2. The van der Waals surface area contributed by atoms with Gasteiger partial charge in [0.1, 0.15) is 17.8 Å². The molecule has 0 saturated carbocycles. The molecule has 0 radical (unpaired) electrons. The summed E-state index contributed by atoms with van der Waals surface area (Å²) in [6, 6.07) is -3.61. The minimum Gasteiger partial charge on any atom is -0.480 e. The van der Waals surface area contributed by atoms with Gasteiger partial charge in [0.15, 0.2) is 0 Å². The van der Waals surface area contributed by atoms with E-state index < -0.39 is 94.3 Å². The summed E-state index contributed by atoms with van der Waals surface area (Å²) in [6.07, 6.45) is -1.47. The van der Waals surface area contributed by atoms with Crippen molar-refractivity contribution in [2.75, 3.05) is 41.3 Å². The molecule has 4 fully saturated rings. The van der Waals surface area contributed by atoms with E-state index in [0.717, 1.165) is 0 Å². The number of fused-ring (bicyclic) bond motifs is 1. The van der Waals surface area contributed by atoms with Crippen LogP contribution in [-0.4, -0.2) is 175 Å². The molecule has 0 spiro atoms. The number of carbonyl (C=O) groups excluding carboxylic acids is 4. The van der Waals surface area contributed by atoms with E-state index in [2.05, 4.69) is 10.6 Å². The van der Waals surface area contributed by atoms with Gasteiger partial charge in [-0.1, -0.05) is 13.8 Å². The normalized spacial score (nSPS) is 36.0. The first-order valence-corrected chi connectivity index (χ1v) is 19.5. The molecule has 6 N–H and O–H groups in total. The summed E-state index contributed by atoms with van der Waals surface area (Å²) < 4.78 is 0. The van der Waals surface area contributed by atoms with Gasteiger partial charge in [0.25, 0.3) is 0 Å². The Bertz CT molecular complexity index is 1510. The Balaban J connectivity index is 1.38. The summed E-state index contributed by atoms with van der Waals surface area (Å²) in [5.41, 5.74) is -0.145. The number of aliphatic hydroxyl groups is 2. The lowest BCUT2D eigenvalue weighted by Crippen LogP contribution is -2.63. The fourth-order valence-corrected chi connectivity index (χ4v) is 11.9. The number of carboxylic acid groups (broad SMARTS) is 2. The third kappa shape index (κ3) is 7.18. The predicted octanol–water partition coefficient (Wildman–Crippen LogP) is -1.09. The van der Waals surface area contributed by atoms with E-state index in [1.165, 1.54) is 57.0 Å². The lowest BCUT2D eigenvalue weighted by molar-refractivity contribution is -0.163. The van der Waals surface area contributed by atoms with Gasteiger partial charge in [-0.2, -0.15) is 11.8 Å². The molecular formula is C34H52N6O10S2. The third-order valence-electron chi connectivity index (χ3n) is 11.3. The van der Waals surface area contributed by atoms with Crippen molar-refractivity contribution < 1.29 is 49.2 Å². The Morgan fingerprint density at radius 1 is 0.942 bits per heavy atom. The molecule has 5 aliphatic heterocycles. The van der Waals surface area contributed by atoms with E-state index >= 15 is 0 Å². The Labute approximate surface area is 312 Å². The average Bonchev–Trinajstić information content (AvgIpc) is 3.82. The Morgan fingerprint density at radius 3 is 2.12 bits per heavy atom. The topological polar surface area (TPSA) is 220 Å². The molecule has 0 aromatic rings. The predicted molar refractivity (Wildman–Crippen MR) is 193 cm³/mol. The van der Waals surface area contributed by atoms with Crippen LogP contribution in [0, 0.1) is 23.7 Å². The van der Waals surface area contributed by atoms with Crippen LogP contribution in [0.3, 0.4) is 0 Å². The first-order valence-electron chi connectivity index (χ1n) is 17.7. The second-order valence-electron chi connectivity index (χ2n) is 15.3. The standard InChI is InChI=1S/C34H52N6O10S2/c1-13-23(36-24(33(47)48)27(13)51-17-9-19(35-11-17)29(43)37(5)6)21(15(3)41)31(45)39-12-18(10-20(39)30(44)38(7)8)52-28-14(2)25-22(16(4)42)32(46)40(25)26(28)34(49)50/h13-25,27,35-36,41-42H,9-12H2,1-8H3,(H,47,48)(H,49,50). The van der Waals surface area contributed by atoms with Crippen molar-refractivity contribution in [3.05, 3.63) is 10.6 Å². The number of likely N-dealkylation sites (tertiary alicyclic amines) is 1. The van der Waals surface area contributed by atoms with Gasteiger partial charge in [0.05, 0.1) is 36.1 Å². The zero-order chi connectivity index (χ0) is 38.7. The van der Waals surface area contributed by atoms with Gasteiger partial charge in [-0.15, -0.1) is 11.8 Å². The van der Waals surface area contributed by atoms with Crippen LogP contribution < -0.4 is 10.6 Å². The number of hydrogen-bond donors (Lipinski definition) is 6. The van der Waals surface area contributed by atoms with Crippen LogP contribution in [0.1, 0.15) is 40.5 Å². The zero-order valence-corrected chi connectivity index (χ0v) is 32.4. The van der Waals surface area contributed by atoms with Gasteiger partial charge in [-0.25, -0.2) is 4.79 Å². The van der Waals surface area contributed by atoms with E-state index in [1.54, 1.807) is 28.2 Å². The van der Waals surface area contributed by atoms with E-state index in [-0.39, 0.29) is 41.8 Å². The molecule has 14 unspecified atom stereocenters. The third-order valence-corrected chi connectivity index (χ3v) is 14.6. The second-order valence-corrected chi connectivity index (χ2v) is 18.1. The zero-order valence-electron chi connectivity index (χ0n) is 30.8. The fourth-order valence-electron chi connectivity index (χ4n) is 8.70. The smallest absolute Gasteiger partial charge is 0.353 e. The van der Waals surface area contributed by atoms with Gasteiger partial charge in [-0.3, -0.25) is 29.3 Å². The molecule has 0 aromatic heterocycles. The maximum Gasteiger partial charge on any atom is 0.353 e. The van der Waals surface area contributed by atoms with Crippen LogP contribution in [0.15, 0.2) is 10.6 Å². The van der Waals surface area contributed by atoms with Crippen LogP contribution in [0.25, 0.3) is 0 Å². The van der Waals surface area contributed by atoms with Crippen LogP contribution in [0.5, 0.6) is 0 Å². The quantitative estimate of drug-likeness (QED) is 0.130. The highest BCUT2D eigenvalue weighted by Gasteiger charge is 2.61. The van der Waals surface area contributed by atoms with E-state index in [4.69, 9.17) is 0 Å². The molecule has 4 amide bonds. The summed E-state index contributed by atoms with van der Waals surface area (Å²) in [5, 5.41) is 47.2. The van der Waals surface area contributed by atoms with Gasteiger partial charge in [0, 0.05) is 73.9 Å². The molecule has 5 aliphatic rings. The number of carboxylic acids is 2. The van der Waals surface area contributed by atoms with Crippen molar-refractivity contribution >= 4 is 59.1 Å². The number of β-lactam (4-membered cyclic amide) rings is 1. The van der Waals surface area contributed by atoms with Gasteiger partial charge in [-0.05, 0) is 32.6 Å². The molecule has 0 bridgehead atoms. The maximum absolute atomic E-state index is 14.6. The van der Waals surface area contributed by atoms with E-state index in [1.807, 2.05) is 13.8 Å². The van der Waals surface area contributed by atoms with Crippen LogP contribution in [0.2, 0.25) is 0 Å². The molecule has 4 saturated heterocycles. The number of nitrogens with one attached hydrogen (secondary N) is 2. The molecule has 290 valence electrons. The lowest BCUT2D eigenvalue weighted by Gasteiger charge is -2.46. The largest absolute Gasteiger partial charge is 0.480 e. The van der Waals surface area contributed by atoms with Gasteiger partial charge >= 0.3 is 11.9 Å². The highest BCUT2D eigenvalue weighted by Crippen LogP contribution is 2.52. The van der Waals surface area contributed by atoms with Crippen LogP contribution >= 0.6 is 23.5 Å². The number of rotatable bonds is 12. The molecule has 52 heavy (non-hydrogen) atoms. The van der Waals surface area contributed by atoms with Crippen molar-refractivity contribution in [2.45, 2.75) is 98.7 Å². The summed E-state index contributed by atoms with van der Waals surface area (Å²) in [6.45, 7) is 7.20. The summed E-state index contributed by atoms with van der Waals surface area (Å²) in [4.78, 5) is 84.7. The molecule has 18 heteroatoms. The summed E-state index contributed by atoms with van der Waals surface area (Å²) in [7, 11) is 6.51. The van der Waals surface area contributed by atoms with Crippen LogP contribution in [0.4, 0.5) is 0 Å². The minimum absolute atomic E-state index is 0.0508. The molecule has 5 rings (SSSR count). The first kappa shape index (κ1) is 40.3. The van der Waals surface area contributed by atoms with Crippen molar-refractivity contribution in [3.8, 4) is 0 Å². The molecule has 0 aliphatic carbocycles. The number of nitrogens with zero attached hydrogens (tertiary/aromatic N) is 4. The Kier molecular flexibility index (Phi) is 12.0. The molecule has 14 atom stereocenters. The number of aliphatic carboxylic acids is 2. The number of hydrogen-bond acceptors (Lipinski definition) is 12. The molecule has 5 heterocycles. The molecular weight excluding hydrogens is 717 g/mol.